The lowest BCUT2D eigenvalue weighted by molar-refractivity contribution is -0.139. The molecule has 0 heterocycles. The summed E-state index contributed by atoms with van der Waals surface area (Å²) in [5, 5.41) is 2.50. The summed E-state index contributed by atoms with van der Waals surface area (Å²) in [5.41, 5.74) is 0.260. The van der Waals surface area contributed by atoms with E-state index < -0.39 is 23.3 Å². The van der Waals surface area contributed by atoms with E-state index in [2.05, 4.69) is 30.7 Å². The van der Waals surface area contributed by atoms with Crippen molar-refractivity contribution in [3.63, 3.8) is 0 Å². The van der Waals surface area contributed by atoms with Crippen molar-refractivity contribution in [2.45, 2.75) is 11.4 Å². The lowest BCUT2D eigenvalue weighted by atomic mass is 10.2. The van der Waals surface area contributed by atoms with Crippen LogP contribution in [0.1, 0.15) is 10.4 Å². The smallest absolute Gasteiger partial charge is 0.387 e. The molecule has 8 heteroatoms. The second-order valence-electron chi connectivity index (χ2n) is 3.60. The number of carbonyl (C=O) groups is 2. The van der Waals surface area contributed by atoms with Gasteiger partial charge in [-0.05, 0) is 24.3 Å². The number of amides is 1. The van der Waals surface area contributed by atoms with Crippen LogP contribution in [0.2, 0.25) is 0 Å². The molecule has 110 valence electrons. The van der Waals surface area contributed by atoms with Gasteiger partial charge in [-0.25, -0.2) is 0 Å². The molecule has 0 aliphatic heterocycles. The van der Waals surface area contributed by atoms with Crippen LogP contribution in [0.4, 0.5) is 8.78 Å². The summed E-state index contributed by atoms with van der Waals surface area (Å²) in [4.78, 5) is 22.2. The first kappa shape index (κ1) is 16.4. The summed E-state index contributed by atoms with van der Waals surface area (Å²) in [6.45, 7) is -2.87. The Morgan fingerprint density at radius 3 is 2.40 bits per heavy atom. The van der Waals surface area contributed by atoms with Crippen molar-refractivity contribution in [3.05, 3.63) is 29.8 Å². The number of methoxy groups -OCH3 is 1. The molecular weight excluding hydrogens is 340 g/mol. The number of halogens is 3. The first-order valence-corrected chi connectivity index (χ1v) is 6.40. The molecule has 0 saturated carbocycles. The Morgan fingerprint density at radius 2 is 1.90 bits per heavy atom. The first-order valence-electron chi connectivity index (χ1n) is 5.49. The Morgan fingerprint density at radius 1 is 1.30 bits per heavy atom. The van der Waals surface area contributed by atoms with E-state index in [9.17, 15) is 18.4 Å². The zero-order valence-corrected chi connectivity index (χ0v) is 12.0. The number of alkyl halides is 3. The highest BCUT2D eigenvalue weighted by Gasteiger charge is 2.16. The molecule has 5 nitrogen and oxygen atoms in total. The van der Waals surface area contributed by atoms with Crippen molar-refractivity contribution in [3.8, 4) is 5.75 Å². The van der Waals surface area contributed by atoms with Gasteiger partial charge in [0.2, 0.25) is 0 Å². The third-order valence-corrected chi connectivity index (χ3v) is 2.94. The summed E-state index contributed by atoms with van der Waals surface area (Å²) < 4.78 is 32.5. The van der Waals surface area contributed by atoms with Crippen LogP contribution in [0.3, 0.4) is 0 Å². The van der Waals surface area contributed by atoms with Crippen LogP contribution in [0.5, 0.6) is 5.75 Å². The Labute approximate surface area is 122 Å². The summed E-state index contributed by atoms with van der Waals surface area (Å²) in [6, 6.07) is 5.20. The molecule has 0 aliphatic carbocycles. The Hall–Kier alpha value is -1.70. The Bertz CT molecular complexity index is 467. The normalized spacial score (nSPS) is 11.8. The molecule has 0 spiro atoms. The van der Waals surface area contributed by atoms with Crippen LogP contribution in [0, 0.1) is 0 Å². The molecule has 1 N–H and O–H groups in total. The second-order valence-corrected chi connectivity index (χ2v) is 4.71. The molecule has 0 aromatic heterocycles. The molecule has 1 amide bonds. The van der Waals surface area contributed by atoms with E-state index in [0.717, 1.165) is 0 Å². The van der Waals surface area contributed by atoms with Gasteiger partial charge in [-0.3, -0.25) is 9.59 Å². The highest BCUT2D eigenvalue weighted by atomic mass is 79.9. The number of hydrogen-bond acceptors (Lipinski definition) is 4. The molecule has 20 heavy (non-hydrogen) atoms. The van der Waals surface area contributed by atoms with Gasteiger partial charge in [0, 0.05) is 12.1 Å². The molecule has 0 bridgehead atoms. The number of benzene rings is 1. The molecule has 0 saturated heterocycles. The molecule has 1 aromatic carbocycles. The zero-order valence-electron chi connectivity index (χ0n) is 10.4. The number of carbonyl (C=O) groups excluding carboxylic acids is 2. The second kappa shape index (κ2) is 7.78. The third kappa shape index (κ3) is 5.12. The maximum atomic E-state index is 11.9. The van der Waals surface area contributed by atoms with Crippen molar-refractivity contribution in [1.29, 1.82) is 0 Å². The minimum Gasteiger partial charge on any atom is -0.468 e. The van der Waals surface area contributed by atoms with E-state index in [0.29, 0.717) is 0 Å². The van der Waals surface area contributed by atoms with E-state index in [1.54, 1.807) is 0 Å². The van der Waals surface area contributed by atoms with Crippen LogP contribution >= 0.6 is 15.9 Å². The number of hydrogen-bond donors (Lipinski definition) is 1. The Kier molecular flexibility index (Phi) is 6.37. The number of esters is 1. The average molecular weight is 352 g/mol. The van der Waals surface area contributed by atoms with Gasteiger partial charge in [-0.2, -0.15) is 8.78 Å². The highest BCUT2D eigenvalue weighted by Crippen LogP contribution is 2.14. The van der Waals surface area contributed by atoms with Crippen molar-refractivity contribution in [2.75, 3.05) is 13.7 Å². The fourth-order valence-corrected chi connectivity index (χ4v) is 1.63. The van der Waals surface area contributed by atoms with Crippen LogP contribution in [0.25, 0.3) is 0 Å². The van der Waals surface area contributed by atoms with Crippen LogP contribution in [-0.4, -0.2) is 37.0 Å². The average Bonchev–Trinajstić information content (AvgIpc) is 2.43. The molecule has 1 aromatic rings. The molecule has 1 unspecified atom stereocenters. The van der Waals surface area contributed by atoms with Gasteiger partial charge in [0.05, 0.1) is 7.11 Å². The minimum atomic E-state index is -2.91. The van der Waals surface area contributed by atoms with E-state index >= 15 is 0 Å². The largest absolute Gasteiger partial charge is 0.468 e. The van der Waals surface area contributed by atoms with Crippen LogP contribution in [-0.2, 0) is 9.53 Å². The van der Waals surface area contributed by atoms with E-state index in [4.69, 9.17) is 0 Å². The first-order chi connectivity index (χ1) is 9.43. The predicted octanol–water partition coefficient (Wildman–Crippen LogP) is 1.95. The van der Waals surface area contributed by atoms with Gasteiger partial charge in [0.15, 0.2) is 0 Å². The van der Waals surface area contributed by atoms with E-state index in [1.807, 2.05) is 0 Å². The third-order valence-electron chi connectivity index (χ3n) is 2.24. The SMILES string of the molecule is COC(=O)C(Br)CNC(=O)c1ccc(OC(F)F)cc1. The minimum absolute atomic E-state index is 0.0375. The van der Waals surface area contributed by atoms with Crippen LogP contribution < -0.4 is 10.1 Å². The number of ether oxygens (including phenoxy) is 2. The molecule has 0 fully saturated rings. The van der Waals surface area contributed by atoms with Crippen LogP contribution in [0.15, 0.2) is 24.3 Å². The van der Waals surface area contributed by atoms with E-state index in [1.165, 1.54) is 31.4 Å². The molecule has 0 aliphatic rings. The summed E-state index contributed by atoms with van der Waals surface area (Å²) in [7, 11) is 1.24. The van der Waals surface area contributed by atoms with Gasteiger partial charge < -0.3 is 14.8 Å². The van der Waals surface area contributed by atoms with Gasteiger partial charge >= 0.3 is 12.6 Å². The van der Waals surface area contributed by atoms with Crippen molar-refractivity contribution < 1.29 is 27.8 Å². The van der Waals surface area contributed by atoms with Gasteiger partial charge in [0.1, 0.15) is 10.6 Å². The monoisotopic (exact) mass is 351 g/mol. The lowest BCUT2D eigenvalue weighted by Gasteiger charge is -2.10. The summed E-state index contributed by atoms with van der Waals surface area (Å²) in [5.74, 6) is -0.989. The standard InChI is InChI=1S/C12H12BrF2NO4/c1-19-11(18)9(13)6-16-10(17)7-2-4-8(5-3-7)20-12(14)15/h2-5,9,12H,6H2,1H3,(H,16,17). The van der Waals surface area contributed by atoms with E-state index in [-0.39, 0.29) is 17.9 Å². The van der Waals surface area contributed by atoms with Gasteiger partial charge in [-0.15, -0.1) is 0 Å². The quantitative estimate of drug-likeness (QED) is 0.628. The predicted molar refractivity (Wildman–Crippen MR) is 70.1 cm³/mol. The van der Waals surface area contributed by atoms with Crippen molar-refractivity contribution >= 4 is 27.8 Å². The Balaban J connectivity index is 2.53. The molecule has 1 rings (SSSR count). The highest BCUT2D eigenvalue weighted by molar-refractivity contribution is 9.10. The summed E-state index contributed by atoms with van der Waals surface area (Å²) >= 11 is 3.05. The zero-order chi connectivity index (χ0) is 15.1. The molecular formula is C12H12BrF2NO4. The topological polar surface area (TPSA) is 64.6 Å². The van der Waals surface area contributed by atoms with Gasteiger partial charge in [-0.1, -0.05) is 15.9 Å². The number of rotatable bonds is 6. The van der Waals surface area contributed by atoms with Gasteiger partial charge in [0.25, 0.3) is 5.91 Å². The summed E-state index contributed by atoms with van der Waals surface area (Å²) in [6.07, 6.45) is 0. The maximum absolute atomic E-state index is 11.9. The fourth-order valence-electron chi connectivity index (χ4n) is 1.28. The van der Waals surface area contributed by atoms with Crippen molar-refractivity contribution in [2.24, 2.45) is 0 Å². The maximum Gasteiger partial charge on any atom is 0.387 e. The molecule has 1 atom stereocenters. The number of nitrogens with one attached hydrogen (secondary N) is 1. The fraction of sp³-hybridized carbons (Fsp3) is 0.333. The van der Waals surface area contributed by atoms with Crippen molar-refractivity contribution in [1.82, 2.24) is 5.32 Å². The molecule has 0 radical (unpaired) electrons. The lowest BCUT2D eigenvalue weighted by Crippen LogP contribution is -2.33.